The van der Waals surface area contributed by atoms with Gasteiger partial charge in [0.2, 0.25) is 0 Å². The zero-order valence-electron chi connectivity index (χ0n) is 9.70. The quantitative estimate of drug-likeness (QED) is 0.517. The third-order valence-corrected chi connectivity index (χ3v) is 1.74. The maximum absolute atomic E-state index is 10.7. The molecule has 86 valence electrons. The fourth-order valence-corrected chi connectivity index (χ4v) is 1.09. The largest absolute Gasteiger partial charge is 0.461 e. The molecule has 0 spiro atoms. The van der Waals surface area contributed by atoms with Crippen molar-refractivity contribution in [3.8, 4) is 0 Å². The van der Waals surface area contributed by atoms with Crippen LogP contribution in [0.25, 0.3) is 0 Å². The maximum atomic E-state index is 10.7. The van der Waals surface area contributed by atoms with Crippen LogP contribution in [0.2, 0.25) is 0 Å². The molecule has 0 N–H and O–H groups in total. The summed E-state index contributed by atoms with van der Waals surface area (Å²) in [5, 5.41) is 0. The molecule has 1 unspecified atom stereocenters. The molecule has 0 heterocycles. The number of rotatable bonds is 5. The Morgan fingerprint density at radius 1 is 1.27 bits per heavy atom. The van der Waals surface area contributed by atoms with Gasteiger partial charge in [0.25, 0.3) is 0 Å². The van der Waals surface area contributed by atoms with Gasteiger partial charge in [-0.25, -0.2) is 0 Å². The molecule has 4 heteroatoms. The number of hydrogen-bond acceptors (Lipinski definition) is 4. The fraction of sp³-hybridized carbons (Fsp3) is 0.636. The lowest BCUT2D eigenvalue weighted by Crippen LogP contribution is -2.11. The van der Waals surface area contributed by atoms with Crippen molar-refractivity contribution in [1.29, 1.82) is 0 Å². The lowest BCUT2D eigenvalue weighted by atomic mass is 10.1. The van der Waals surface area contributed by atoms with Crippen LogP contribution < -0.4 is 0 Å². The normalized spacial score (nSPS) is 13.2. The summed E-state index contributed by atoms with van der Waals surface area (Å²) in [4.78, 5) is 21.2. The summed E-state index contributed by atoms with van der Waals surface area (Å²) in [5.74, 6) is -0.629. The van der Waals surface area contributed by atoms with Crippen molar-refractivity contribution >= 4 is 11.9 Å². The van der Waals surface area contributed by atoms with E-state index in [1.807, 2.05) is 6.92 Å². The van der Waals surface area contributed by atoms with Crippen LogP contribution >= 0.6 is 0 Å². The molecule has 1 atom stereocenters. The zero-order valence-corrected chi connectivity index (χ0v) is 9.70. The summed E-state index contributed by atoms with van der Waals surface area (Å²) in [6, 6.07) is 0. The van der Waals surface area contributed by atoms with Crippen molar-refractivity contribution in [3.05, 3.63) is 11.6 Å². The van der Waals surface area contributed by atoms with E-state index >= 15 is 0 Å². The van der Waals surface area contributed by atoms with Crippen LogP contribution in [0.5, 0.6) is 0 Å². The standard InChI is InChI=1S/C11H18O4/c1-5-11(7-14-9(3)12)6-8(2)15-10(4)13/h6,8H,5,7H2,1-4H3. The average Bonchev–Trinajstić information content (AvgIpc) is 2.10. The van der Waals surface area contributed by atoms with Gasteiger partial charge in [-0.2, -0.15) is 0 Å². The van der Waals surface area contributed by atoms with Crippen LogP contribution in [0.3, 0.4) is 0 Å². The Hall–Kier alpha value is -1.32. The van der Waals surface area contributed by atoms with Crippen LogP contribution in [0.15, 0.2) is 11.6 Å². The first-order chi connectivity index (χ1) is 6.95. The van der Waals surface area contributed by atoms with E-state index in [4.69, 9.17) is 9.47 Å². The predicted molar refractivity (Wildman–Crippen MR) is 56.2 cm³/mol. The molecule has 0 aliphatic heterocycles. The molecule has 0 fully saturated rings. The molecule has 4 nitrogen and oxygen atoms in total. The van der Waals surface area contributed by atoms with Crippen molar-refractivity contribution in [2.24, 2.45) is 0 Å². The van der Waals surface area contributed by atoms with Gasteiger partial charge in [-0.3, -0.25) is 9.59 Å². The highest BCUT2D eigenvalue weighted by atomic mass is 16.5. The molecular formula is C11H18O4. The summed E-state index contributed by atoms with van der Waals surface area (Å²) < 4.78 is 9.79. The van der Waals surface area contributed by atoms with Crippen molar-refractivity contribution in [2.75, 3.05) is 6.61 Å². The van der Waals surface area contributed by atoms with Gasteiger partial charge in [-0.15, -0.1) is 0 Å². The van der Waals surface area contributed by atoms with E-state index in [2.05, 4.69) is 0 Å². The predicted octanol–water partition coefficient (Wildman–Crippen LogP) is 1.84. The van der Waals surface area contributed by atoms with Crippen LogP contribution in [0.1, 0.15) is 34.1 Å². The van der Waals surface area contributed by atoms with E-state index in [0.717, 1.165) is 12.0 Å². The van der Waals surface area contributed by atoms with Crippen LogP contribution in [-0.4, -0.2) is 24.6 Å². The van der Waals surface area contributed by atoms with Gasteiger partial charge in [0.05, 0.1) is 0 Å². The first-order valence-electron chi connectivity index (χ1n) is 4.95. The Balaban J connectivity index is 4.18. The summed E-state index contributed by atoms with van der Waals surface area (Å²) in [6.07, 6.45) is 2.27. The summed E-state index contributed by atoms with van der Waals surface area (Å²) in [5.41, 5.74) is 0.943. The van der Waals surface area contributed by atoms with Gasteiger partial charge in [0.1, 0.15) is 12.7 Å². The highest BCUT2D eigenvalue weighted by molar-refractivity contribution is 5.66. The number of esters is 2. The lowest BCUT2D eigenvalue weighted by Gasteiger charge is -2.10. The van der Waals surface area contributed by atoms with Gasteiger partial charge >= 0.3 is 11.9 Å². The third-order valence-electron chi connectivity index (χ3n) is 1.74. The first kappa shape index (κ1) is 13.7. The summed E-state index contributed by atoms with van der Waals surface area (Å²) in [6.45, 7) is 6.71. The van der Waals surface area contributed by atoms with Gasteiger partial charge in [0.15, 0.2) is 0 Å². The summed E-state index contributed by atoms with van der Waals surface area (Å²) >= 11 is 0. The van der Waals surface area contributed by atoms with E-state index in [0.29, 0.717) is 0 Å². The molecule has 0 aliphatic carbocycles. The Morgan fingerprint density at radius 3 is 2.27 bits per heavy atom. The lowest BCUT2D eigenvalue weighted by molar-refractivity contribution is -0.144. The van der Waals surface area contributed by atoms with E-state index < -0.39 is 0 Å². The van der Waals surface area contributed by atoms with Gasteiger partial charge in [-0.1, -0.05) is 6.92 Å². The van der Waals surface area contributed by atoms with Crippen LogP contribution in [0.4, 0.5) is 0 Å². The van der Waals surface area contributed by atoms with E-state index in [9.17, 15) is 9.59 Å². The Bertz CT molecular complexity index is 255. The molecule has 0 saturated heterocycles. The minimum atomic E-state index is -0.318. The van der Waals surface area contributed by atoms with Crippen molar-refractivity contribution in [2.45, 2.75) is 40.2 Å². The second-order valence-electron chi connectivity index (χ2n) is 3.27. The average molecular weight is 214 g/mol. The van der Waals surface area contributed by atoms with Crippen molar-refractivity contribution in [3.63, 3.8) is 0 Å². The van der Waals surface area contributed by atoms with Crippen molar-refractivity contribution in [1.82, 2.24) is 0 Å². The number of carbonyl (C=O) groups is 2. The third kappa shape index (κ3) is 7.73. The smallest absolute Gasteiger partial charge is 0.303 e. The monoisotopic (exact) mass is 214 g/mol. The minimum Gasteiger partial charge on any atom is -0.461 e. The van der Waals surface area contributed by atoms with Crippen LogP contribution in [-0.2, 0) is 19.1 Å². The highest BCUT2D eigenvalue weighted by Crippen LogP contribution is 2.06. The molecule has 0 aromatic rings. The van der Waals surface area contributed by atoms with E-state index in [1.165, 1.54) is 13.8 Å². The maximum Gasteiger partial charge on any atom is 0.303 e. The van der Waals surface area contributed by atoms with E-state index in [-0.39, 0.29) is 24.6 Å². The second-order valence-corrected chi connectivity index (χ2v) is 3.27. The summed E-state index contributed by atoms with van der Waals surface area (Å²) in [7, 11) is 0. The molecule has 0 aromatic heterocycles. The van der Waals surface area contributed by atoms with Gasteiger partial charge < -0.3 is 9.47 Å². The Morgan fingerprint density at radius 2 is 1.87 bits per heavy atom. The molecular weight excluding hydrogens is 196 g/mol. The SMILES string of the molecule is CCC(=CC(C)OC(C)=O)COC(C)=O. The fourth-order valence-electron chi connectivity index (χ4n) is 1.09. The molecule has 0 radical (unpaired) electrons. The number of ether oxygens (including phenoxy) is 2. The Kier molecular flexibility index (Phi) is 6.42. The topological polar surface area (TPSA) is 52.6 Å². The van der Waals surface area contributed by atoms with Gasteiger partial charge in [0, 0.05) is 13.8 Å². The number of hydrogen-bond donors (Lipinski definition) is 0. The van der Waals surface area contributed by atoms with E-state index in [1.54, 1.807) is 13.0 Å². The molecule has 0 aliphatic rings. The molecule has 15 heavy (non-hydrogen) atoms. The van der Waals surface area contributed by atoms with Crippen molar-refractivity contribution < 1.29 is 19.1 Å². The second kappa shape index (κ2) is 7.04. The molecule has 0 amide bonds. The minimum absolute atomic E-state index is 0.261. The number of carbonyl (C=O) groups excluding carboxylic acids is 2. The first-order valence-corrected chi connectivity index (χ1v) is 4.95. The molecule has 0 rings (SSSR count). The Labute approximate surface area is 90.2 Å². The molecule has 0 saturated carbocycles. The zero-order chi connectivity index (χ0) is 11.8. The highest BCUT2D eigenvalue weighted by Gasteiger charge is 2.04. The molecule has 0 aromatic carbocycles. The van der Waals surface area contributed by atoms with Crippen LogP contribution in [0, 0.1) is 0 Å². The van der Waals surface area contributed by atoms with Gasteiger partial charge in [-0.05, 0) is 25.0 Å². The molecule has 0 bridgehead atoms.